The van der Waals surface area contributed by atoms with Crippen molar-refractivity contribution in [1.82, 2.24) is 14.7 Å². The molecular weight excluding hydrogens is 344 g/mol. The van der Waals surface area contributed by atoms with E-state index in [0.29, 0.717) is 6.54 Å². The van der Waals surface area contributed by atoms with E-state index in [1.165, 1.54) is 4.88 Å². The second-order valence-corrected chi connectivity index (χ2v) is 7.88. The molecule has 0 radical (unpaired) electrons. The van der Waals surface area contributed by atoms with Crippen LogP contribution in [0.5, 0.6) is 0 Å². The molecule has 1 saturated heterocycles. The van der Waals surface area contributed by atoms with Crippen molar-refractivity contribution in [3.05, 3.63) is 58.8 Å². The van der Waals surface area contributed by atoms with Crippen molar-refractivity contribution < 1.29 is 4.79 Å². The molecule has 0 spiro atoms. The molecule has 26 heavy (non-hydrogen) atoms. The molecule has 2 amide bonds. The summed E-state index contributed by atoms with van der Waals surface area (Å²) in [6.45, 7) is 8.96. The number of fused-ring (bicyclic) bond motifs is 1. The van der Waals surface area contributed by atoms with Crippen LogP contribution in [-0.4, -0.2) is 60.5 Å². The number of para-hydroxylation sites is 1. The third kappa shape index (κ3) is 3.28. The van der Waals surface area contributed by atoms with Gasteiger partial charge < -0.3 is 10.2 Å². The Balaban J connectivity index is 1.60. The van der Waals surface area contributed by atoms with Crippen LogP contribution in [0.4, 0.5) is 10.5 Å². The maximum atomic E-state index is 12.7. The number of carbonyl (C=O) groups is 1. The summed E-state index contributed by atoms with van der Waals surface area (Å²) in [5, 5.41) is 5.11. The van der Waals surface area contributed by atoms with Gasteiger partial charge in [0.25, 0.3) is 0 Å². The molecule has 1 atom stereocenters. The molecule has 5 nitrogen and oxygen atoms in total. The van der Waals surface area contributed by atoms with Crippen LogP contribution in [0.2, 0.25) is 0 Å². The molecule has 2 aliphatic rings. The third-order valence-corrected chi connectivity index (χ3v) is 6.23. The van der Waals surface area contributed by atoms with E-state index >= 15 is 0 Å². The van der Waals surface area contributed by atoms with E-state index in [0.717, 1.165) is 43.1 Å². The fraction of sp³-hybridized carbons (Fsp3) is 0.350. The average molecular weight is 369 g/mol. The predicted molar refractivity (Wildman–Crippen MR) is 107 cm³/mol. The van der Waals surface area contributed by atoms with Gasteiger partial charge in [0, 0.05) is 48.9 Å². The monoisotopic (exact) mass is 368 g/mol. The van der Waals surface area contributed by atoms with Crippen LogP contribution in [0, 0.1) is 0 Å². The minimum absolute atomic E-state index is 0.0932. The van der Waals surface area contributed by atoms with Crippen molar-refractivity contribution >= 4 is 28.8 Å². The van der Waals surface area contributed by atoms with Crippen LogP contribution >= 0.6 is 11.3 Å². The van der Waals surface area contributed by atoms with Gasteiger partial charge in [0.15, 0.2) is 0 Å². The summed E-state index contributed by atoms with van der Waals surface area (Å²) >= 11 is 1.76. The zero-order valence-corrected chi connectivity index (χ0v) is 15.8. The molecule has 1 N–H and O–H groups in total. The first-order valence-corrected chi connectivity index (χ1v) is 9.84. The summed E-state index contributed by atoms with van der Waals surface area (Å²) in [5.74, 6) is 0. The van der Waals surface area contributed by atoms with Gasteiger partial charge in [-0.2, -0.15) is 0 Å². The fourth-order valence-electron chi connectivity index (χ4n) is 3.66. The number of likely N-dealkylation sites (N-methyl/N-ethyl adjacent to an activating group) is 1. The van der Waals surface area contributed by atoms with Crippen LogP contribution in [0.25, 0.3) is 5.70 Å². The predicted octanol–water partition coefficient (Wildman–Crippen LogP) is 3.56. The highest BCUT2D eigenvalue weighted by molar-refractivity contribution is 7.10. The van der Waals surface area contributed by atoms with Crippen molar-refractivity contribution in [1.29, 1.82) is 0 Å². The molecule has 1 fully saturated rings. The van der Waals surface area contributed by atoms with E-state index in [1.54, 1.807) is 16.2 Å². The van der Waals surface area contributed by atoms with Crippen LogP contribution in [0.15, 0.2) is 48.4 Å². The lowest BCUT2D eigenvalue weighted by Gasteiger charge is -2.41. The summed E-state index contributed by atoms with van der Waals surface area (Å²) in [4.78, 5) is 20.7. The summed E-state index contributed by atoms with van der Waals surface area (Å²) in [6, 6.07) is 12.2. The fourth-order valence-corrected chi connectivity index (χ4v) is 4.51. The number of nitrogens with one attached hydrogen (secondary N) is 1. The zero-order chi connectivity index (χ0) is 18.1. The van der Waals surface area contributed by atoms with Gasteiger partial charge in [-0.1, -0.05) is 30.8 Å². The number of nitrogens with zero attached hydrogens (tertiary/aromatic N) is 3. The van der Waals surface area contributed by atoms with Gasteiger partial charge in [-0.15, -0.1) is 11.3 Å². The van der Waals surface area contributed by atoms with Gasteiger partial charge in [0.05, 0.1) is 11.7 Å². The van der Waals surface area contributed by atoms with Crippen molar-refractivity contribution in [2.75, 3.05) is 45.1 Å². The minimum Gasteiger partial charge on any atom is -0.307 e. The lowest BCUT2D eigenvalue weighted by molar-refractivity contribution is 0.102. The SMILES string of the molecule is C=C1c2ccccc2NC(=O)N1C[C@@H](c1cccs1)N1CCN(C)CC1. The number of rotatable bonds is 4. The topological polar surface area (TPSA) is 38.8 Å². The van der Waals surface area contributed by atoms with Gasteiger partial charge in [-0.05, 0) is 24.6 Å². The Labute approximate surface area is 158 Å². The highest BCUT2D eigenvalue weighted by Gasteiger charge is 2.32. The largest absolute Gasteiger partial charge is 0.326 e. The number of piperazine rings is 1. The van der Waals surface area contributed by atoms with E-state index < -0.39 is 0 Å². The lowest BCUT2D eigenvalue weighted by atomic mass is 10.1. The van der Waals surface area contributed by atoms with Crippen molar-refractivity contribution in [2.45, 2.75) is 6.04 Å². The number of anilines is 1. The number of hydrogen-bond donors (Lipinski definition) is 1. The maximum absolute atomic E-state index is 12.7. The molecule has 6 heteroatoms. The van der Waals surface area contributed by atoms with E-state index in [-0.39, 0.29) is 12.1 Å². The molecule has 0 saturated carbocycles. The standard InChI is InChI=1S/C20H24N4OS/c1-15-16-6-3-4-7-17(16)21-20(25)24(15)14-18(19-8-5-13-26-19)23-11-9-22(2)10-12-23/h3-8,13,18H,1,9-12,14H2,2H3,(H,21,25)/t18-/m0/s1. The molecule has 2 aromatic rings. The minimum atomic E-state index is -0.0932. The average Bonchev–Trinajstić information content (AvgIpc) is 3.17. The molecule has 3 heterocycles. The van der Waals surface area contributed by atoms with Crippen molar-refractivity contribution in [2.24, 2.45) is 0 Å². The maximum Gasteiger partial charge on any atom is 0.326 e. The molecule has 1 aromatic carbocycles. The Kier molecular flexibility index (Phi) is 4.80. The highest BCUT2D eigenvalue weighted by atomic mass is 32.1. The van der Waals surface area contributed by atoms with Crippen LogP contribution < -0.4 is 5.32 Å². The first-order chi connectivity index (χ1) is 12.6. The Morgan fingerprint density at radius 1 is 1.15 bits per heavy atom. The van der Waals surface area contributed by atoms with Crippen LogP contribution in [0.1, 0.15) is 16.5 Å². The first-order valence-electron chi connectivity index (χ1n) is 8.96. The number of urea groups is 1. The number of thiophene rings is 1. The van der Waals surface area contributed by atoms with E-state index in [9.17, 15) is 4.79 Å². The smallest absolute Gasteiger partial charge is 0.307 e. The molecule has 0 aliphatic carbocycles. The Bertz CT molecular complexity index is 796. The molecule has 2 aliphatic heterocycles. The molecule has 136 valence electrons. The zero-order valence-electron chi connectivity index (χ0n) is 15.0. The number of carbonyl (C=O) groups excluding carboxylic acids is 1. The number of benzene rings is 1. The molecule has 1 aromatic heterocycles. The first kappa shape index (κ1) is 17.3. The van der Waals surface area contributed by atoms with Crippen molar-refractivity contribution in [3.8, 4) is 0 Å². The van der Waals surface area contributed by atoms with Gasteiger partial charge in [0.2, 0.25) is 0 Å². The molecular formula is C20H24N4OS. The lowest BCUT2D eigenvalue weighted by Crippen LogP contribution is -2.49. The quantitative estimate of drug-likeness (QED) is 0.897. The number of amides is 2. The molecule has 0 unspecified atom stereocenters. The van der Waals surface area contributed by atoms with E-state index in [1.807, 2.05) is 24.3 Å². The highest BCUT2D eigenvalue weighted by Crippen LogP contribution is 2.34. The summed E-state index contributed by atoms with van der Waals surface area (Å²) in [7, 11) is 2.16. The summed E-state index contributed by atoms with van der Waals surface area (Å²) in [5.41, 5.74) is 2.61. The Morgan fingerprint density at radius 3 is 2.65 bits per heavy atom. The third-order valence-electron chi connectivity index (χ3n) is 5.26. The van der Waals surface area contributed by atoms with Gasteiger partial charge >= 0.3 is 6.03 Å². The second kappa shape index (κ2) is 7.23. The van der Waals surface area contributed by atoms with Crippen LogP contribution in [0.3, 0.4) is 0 Å². The second-order valence-electron chi connectivity index (χ2n) is 6.90. The van der Waals surface area contributed by atoms with E-state index in [2.05, 4.69) is 46.3 Å². The Morgan fingerprint density at radius 2 is 1.92 bits per heavy atom. The van der Waals surface area contributed by atoms with Gasteiger partial charge in [-0.25, -0.2) is 4.79 Å². The summed E-state index contributed by atoms with van der Waals surface area (Å²) < 4.78 is 0. The normalized spacial score (nSPS) is 20.0. The van der Waals surface area contributed by atoms with Crippen LogP contribution in [-0.2, 0) is 0 Å². The summed E-state index contributed by atoms with van der Waals surface area (Å²) in [6.07, 6.45) is 0. The Hall–Kier alpha value is -2.15. The number of hydrogen-bond acceptors (Lipinski definition) is 4. The molecule has 4 rings (SSSR count). The van der Waals surface area contributed by atoms with Crippen molar-refractivity contribution in [3.63, 3.8) is 0 Å². The van der Waals surface area contributed by atoms with E-state index in [4.69, 9.17) is 0 Å². The molecule has 0 bridgehead atoms. The van der Waals surface area contributed by atoms with Gasteiger partial charge in [0.1, 0.15) is 0 Å². The van der Waals surface area contributed by atoms with Gasteiger partial charge in [-0.3, -0.25) is 9.80 Å².